The molecule has 2 N–H and O–H groups in total. The van der Waals surface area contributed by atoms with Crippen molar-refractivity contribution in [1.82, 2.24) is 0 Å². The number of benzene rings is 6. The Kier molecular flexibility index (Phi) is 12.5. The number of nitrogens with one attached hydrogen (secondary N) is 2. The predicted molar refractivity (Wildman–Crippen MR) is 228 cm³/mol. The van der Waals surface area contributed by atoms with Crippen molar-refractivity contribution in [3.63, 3.8) is 0 Å². The minimum atomic E-state index is -4.14. The maximum atomic E-state index is 13.6. The molecule has 0 fully saturated rings. The van der Waals surface area contributed by atoms with Crippen molar-refractivity contribution in [3.8, 4) is 22.6 Å². The molecule has 9 nitrogen and oxygen atoms in total. The van der Waals surface area contributed by atoms with E-state index < -0.39 is 36.0 Å². The first kappa shape index (κ1) is 41.4. The molecule has 0 aliphatic heterocycles. The number of amides is 1. The van der Waals surface area contributed by atoms with Crippen molar-refractivity contribution >= 4 is 41.6 Å². The van der Waals surface area contributed by atoms with Crippen molar-refractivity contribution in [1.29, 1.82) is 0 Å². The molecule has 6 aromatic carbocycles. The zero-order valence-electron chi connectivity index (χ0n) is 32.9. The molecule has 58 heavy (non-hydrogen) atoms. The fourth-order valence-electron chi connectivity index (χ4n) is 5.57. The highest BCUT2D eigenvalue weighted by Crippen LogP contribution is 2.41. The Morgan fingerprint density at radius 3 is 1.91 bits per heavy atom. The average Bonchev–Trinajstić information content (AvgIpc) is 3.20. The van der Waals surface area contributed by atoms with Crippen molar-refractivity contribution in [2.24, 2.45) is 0 Å². The summed E-state index contributed by atoms with van der Waals surface area (Å²) in [6.07, 6.45) is 0. The van der Waals surface area contributed by atoms with Gasteiger partial charge in [-0.15, -0.1) is 0 Å². The van der Waals surface area contributed by atoms with E-state index >= 15 is 0 Å². The van der Waals surface area contributed by atoms with Crippen LogP contribution >= 0.6 is 0 Å². The molecular formula is C46H45FN2O7SSi. The lowest BCUT2D eigenvalue weighted by Crippen LogP contribution is -2.44. The third-order valence-electron chi connectivity index (χ3n) is 9.91. The first-order chi connectivity index (χ1) is 27.6. The SMILES string of the molecule is CC(C)(C)[Si](C)(C)Oc1ccc(NC(=O)c2ccc(-c3ccc(C(=O)OCc4ccccc4)c(OCc4ccccc4)c3)cc2)cc1NS(=O)(=O)c1ccc(F)cc1. The number of esters is 1. The van der Waals surface area contributed by atoms with Crippen molar-refractivity contribution in [2.75, 3.05) is 10.0 Å². The topological polar surface area (TPSA) is 120 Å². The molecule has 0 spiro atoms. The van der Waals surface area contributed by atoms with Gasteiger partial charge in [-0.3, -0.25) is 9.52 Å². The summed E-state index contributed by atoms with van der Waals surface area (Å²) in [5, 5.41) is 2.67. The summed E-state index contributed by atoms with van der Waals surface area (Å²) in [7, 11) is -6.57. The highest BCUT2D eigenvalue weighted by atomic mass is 32.2. The summed E-state index contributed by atoms with van der Waals surface area (Å²) in [5.41, 5.74) is 4.40. The molecule has 298 valence electrons. The van der Waals surface area contributed by atoms with Crippen LogP contribution in [-0.2, 0) is 28.0 Å². The van der Waals surface area contributed by atoms with Crippen LogP contribution in [0, 0.1) is 5.82 Å². The molecule has 0 aliphatic rings. The van der Waals surface area contributed by atoms with E-state index in [1.54, 1.807) is 54.6 Å². The number of hydrogen-bond donors (Lipinski definition) is 2. The number of carbonyl (C=O) groups is 2. The summed E-state index contributed by atoms with van der Waals surface area (Å²) in [4.78, 5) is 26.7. The van der Waals surface area contributed by atoms with Crippen molar-refractivity contribution in [3.05, 3.63) is 174 Å². The Balaban J connectivity index is 1.22. The molecule has 0 unspecified atom stereocenters. The smallest absolute Gasteiger partial charge is 0.342 e. The van der Waals surface area contributed by atoms with Gasteiger partial charge in [0.1, 0.15) is 36.1 Å². The number of anilines is 2. The highest BCUT2D eigenvalue weighted by Gasteiger charge is 2.39. The summed E-state index contributed by atoms with van der Waals surface area (Å²) in [6.45, 7) is 10.6. The van der Waals surface area contributed by atoms with Crippen LogP contribution in [0.15, 0.2) is 150 Å². The zero-order chi connectivity index (χ0) is 41.5. The van der Waals surface area contributed by atoms with Gasteiger partial charge in [-0.1, -0.05) is 99.6 Å². The fraction of sp³-hybridized carbons (Fsp3) is 0.174. The molecule has 0 aliphatic carbocycles. The van der Waals surface area contributed by atoms with Crippen LogP contribution < -0.4 is 19.2 Å². The second-order valence-electron chi connectivity index (χ2n) is 15.2. The zero-order valence-corrected chi connectivity index (χ0v) is 34.7. The number of ether oxygens (including phenoxy) is 2. The van der Waals surface area contributed by atoms with Crippen LogP contribution in [-0.4, -0.2) is 28.6 Å². The molecule has 0 bridgehead atoms. The van der Waals surface area contributed by atoms with Gasteiger partial charge in [0.2, 0.25) is 0 Å². The monoisotopic (exact) mass is 816 g/mol. The Morgan fingerprint density at radius 1 is 0.690 bits per heavy atom. The fourth-order valence-corrected chi connectivity index (χ4v) is 7.66. The normalized spacial score (nSPS) is 11.7. The first-order valence-corrected chi connectivity index (χ1v) is 23.0. The van der Waals surface area contributed by atoms with Gasteiger partial charge in [-0.05, 0) is 107 Å². The predicted octanol–water partition coefficient (Wildman–Crippen LogP) is 10.9. The minimum absolute atomic E-state index is 0.116. The Bertz CT molecular complexity index is 2490. The molecular weight excluding hydrogens is 772 g/mol. The van der Waals surface area contributed by atoms with E-state index in [4.69, 9.17) is 13.9 Å². The van der Waals surface area contributed by atoms with Crippen LogP contribution in [0.2, 0.25) is 18.1 Å². The van der Waals surface area contributed by atoms with Gasteiger partial charge in [0.25, 0.3) is 24.2 Å². The number of hydrogen-bond acceptors (Lipinski definition) is 7. The second kappa shape index (κ2) is 17.5. The van der Waals surface area contributed by atoms with E-state index in [0.717, 1.165) is 34.4 Å². The van der Waals surface area contributed by atoms with Crippen LogP contribution in [0.5, 0.6) is 11.5 Å². The molecule has 0 radical (unpaired) electrons. The number of carbonyl (C=O) groups excluding carboxylic acids is 2. The van der Waals surface area contributed by atoms with Gasteiger partial charge in [0, 0.05) is 11.3 Å². The Morgan fingerprint density at radius 2 is 1.29 bits per heavy atom. The van der Waals surface area contributed by atoms with E-state index in [2.05, 4.69) is 30.8 Å². The lowest BCUT2D eigenvalue weighted by atomic mass is 10.0. The van der Waals surface area contributed by atoms with Gasteiger partial charge in [-0.2, -0.15) is 0 Å². The van der Waals surface area contributed by atoms with Gasteiger partial charge >= 0.3 is 5.97 Å². The maximum Gasteiger partial charge on any atom is 0.342 e. The molecule has 0 saturated carbocycles. The van der Waals surface area contributed by atoms with E-state index in [-0.39, 0.29) is 34.4 Å². The molecule has 0 atom stereocenters. The largest absolute Gasteiger partial charge is 0.542 e. The quantitative estimate of drug-likeness (QED) is 0.0829. The lowest BCUT2D eigenvalue weighted by Gasteiger charge is -2.37. The first-order valence-electron chi connectivity index (χ1n) is 18.6. The van der Waals surface area contributed by atoms with E-state index in [1.807, 2.05) is 73.8 Å². The minimum Gasteiger partial charge on any atom is -0.542 e. The van der Waals surface area contributed by atoms with E-state index in [1.165, 1.54) is 18.2 Å². The van der Waals surface area contributed by atoms with Gasteiger partial charge in [0.15, 0.2) is 0 Å². The van der Waals surface area contributed by atoms with Crippen molar-refractivity contribution < 1.29 is 36.3 Å². The molecule has 6 rings (SSSR count). The summed E-state index contributed by atoms with van der Waals surface area (Å²) in [5.74, 6) is -0.849. The van der Waals surface area contributed by atoms with Crippen LogP contribution in [0.25, 0.3) is 11.1 Å². The van der Waals surface area contributed by atoms with E-state index in [0.29, 0.717) is 22.7 Å². The third kappa shape index (κ3) is 10.4. The van der Waals surface area contributed by atoms with Crippen LogP contribution in [0.4, 0.5) is 15.8 Å². The second-order valence-corrected chi connectivity index (χ2v) is 21.6. The highest BCUT2D eigenvalue weighted by molar-refractivity contribution is 7.92. The summed E-state index contributed by atoms with van der Waals surface area (Å²) >= 11 is 0. The van der Waals surface area contributed by atoms with Gasteiger partial charge in [-0.25, -0.2) is 17.6 Å². The van der Waals surface area contributed by atoms with Crippen molar-refractivity contribution in [2.45, 2.75) is 57.0 Å². The molecule has 0 aromatic heterocycles. The standard InChI is InChI=1S/C46H45FN2O7SSi/c1-46(2,3)58(4,5)56-42-27-23-38(29-41(42)49-57(52,53)39-24-21-37(47)22-25-39)48-44(50)35-18-16-34(17-19-35)36-20-26-40(45(51)55-31-33-14-10-7-11-15-33)43(28-36)54-30-32-12-8-6-9-13-32/h6-29,49H,30-31H2,1-5H3,(H,48,50). The van der Waals surface area contributed by atoms with Gasteiger partial charge in [0.05, 0.1) is 10.6 Å². The third-order valence-corrected chi connectivity index (χ3v) is 15.6. The molecule has 0 saturated heterocycles. The molecule has 6 aromatic rings. The average molecular weight is 817 g/mol. The molecule has 0 heterocycles. The summed E-state index contributed by atoms with van der Waals surface area (Å²) in [6, 6.07) is 40.5. The number of rotatable bonds is 14. The van der Waals surface area contributed by atoms with Gasteiger partial charge < -0.3 is 19.2 Å². The Labute approximate surface area is 340 Å². The lowest BCUT2D eigenvalue weighted by molar-refractivity contribution is 0.0467. The summed E-state index contributed by atoms with van der Waals surface area (Å²) < 4.78 is 61.3. The number of sulfonamides is 1. The number of halogens is 1. The van der Waals surface area contributed by atoms with Crippen LogP contribution in [0.1, 0.15) is 52.6 Å². The van der Waals surface area contributed by atoms with E-state index in [9.17, 15) is 22.4 Å². The molecule has 12 heteroatoms. The Hall–Kier alpha value is -6.24. The molecule has 1 amide bonds. The van der Waals surface area contributed by atoms with Crippen LogP contribution in [0.3, 0.4) is 0 Å². The maximum absolute atomic E-state index is 13.6.